The summed E-state index contributed by atoms with van der Waals surface area (Å²) in [6, 6.07) is 15.1. The van der Waals surface area contributed by atoms with Crippen LogP contribution in [0.4, 0.5) is 0 Å². The summed E-state index contributed by atoms with van der Waals surface area (Å²) >= 11 is 0. The molecule has 0 heterocycles. The minimum Gasteiger partial charge on any atom is -0.287 e. The van der Waals surface area contributed by atoms with Gasteiger partial charge in [-0.1, -0.05) is 55.5 Å². The lowest BCUT2D eigenvalue weighted by molar-refractivity contribution is 0.100. The van der Waals surface area contributed by atoms with Crippen LogP contribution < -0.4 is 0 Å². The number of carbonyl (C=O) groups is 1. The lowest BCUT2D eigenvalue weighted by atomic mass is 9.98. The molecule has 4 heteroatoms. The highest BCUT2D eigenvalue weighted by Crippen LogP contribution is 2.24. The van der Waals surface area contributed by atoms with Gasteiger partial charge < -0.3 is 0 Å². The molecule has 0 aliphatic carbocycles. The second kappa shape index (κ2) is 5.85. The Morgan fingerprint density at radius 2 is 1.84 bits per heavy atom. The third kappa shape index (κ3) is 2.81. The monoisotopic (exact) mass is 251 g/mol. The number of aryl methyl sites for hydroxylation is 1. The number of amides is 1. The first-order valence-corrected chi connectivity index (χ1v) is 6.04. The largest absolute Gasteiger partial charge is 0.287 e. The maximum atomic E-state index is 11.7. The summed E-state index contributed by atoms with van der Waals surface area (Å²) in [5.74, 6) is -0.558. The SMILES string of the molecule is CCc1ccc(-c2ccccc2C(=O)N=[N+]=[N-])cc1. The molecule has 0 atom stereocenters. The molecule has 0 radical (unpaired) electrons. The van der Waals surface area contributed by atoms with Gasteiger partial charge in [0.15, 0.2) is 0 Å². The quantitative estimate of drug-likeness (QED) is 0.454. The Bertz CT molecular complexity index is 641. The lowest BCUT2D eigenvalue weighted by Crippen LogP contribution is -1.96. The van der Waals surface area contributed by atoms with E-state index in [9.17, 15) is 4.79 Å². The number of carbonyl (C=O) groups excluding carboxylic acids is 1. The Morgan fingerprint density at radius 3 is 2.47 bits per heavy atom. The van der Waals surface area contributed by atoms with E-state index in [1.165, 1.54) is 5.56 Å². The van der Waals surface area contributed by atoms with Crippen LogP contribution in [-0.2, 0) is 6.42 Å². The average Bonchev–Trinajstić information content (AvgIpc) is 2.47. The molecule has 0 N–H and O–H groups in total. The lowest BCUT2D eigenvalue weighted by Gasteiger charge is -2.07. The van der Waals surface area contributed by atoms with E-state index in [0.29, 0.717) is 5.56 Å². The standard InChI is InChI=1S/C15H13N3O/c1-2-11-7-9-12(10-8-11)13-5-3-4-6-14(13)15(19)17-18-16/h3-10H,2H2,1H3. The van der Waals surface area contributed by atoms with Crippen molar-refractivity contribution in [3.63, 3.8) is 0 Å². The van der Waals surface area contributed by atoms with Gasteiger partial charge in [0.05, 0.1) is 0 Å². The van der Waals surface area contributed by atoms with Gasteiger partial charge in [-0.2, -0.15) is 0 Å². The van der Waals surface area contributed by atoms with Gasteiger partial charge in [0.25, 0.3) is 0 Å². The molecule has 2 aromatic rings. The van der Waals surface area contributed by atoms with E-state index in [1.807, 2.05) is 36.4 Å². The number of hydrogen-bond acceptors (Lipinski definition) is 1. The normalized spacial score (nSPS) is 9.74. The van der Waals surface area contributed by atoms with Crippen LogP contribution in [-0.4, -0.2) is 5.91 Å². The molecule has 0 spiro atoms. The van der Waals surface area contributed by atoms with Gasteiger partial charge in [-0.3, -0.25) is 4.79 Å². The zero-order chi connectivity index (χ0) is 13.7. The molecule has 0 aliphatic heterocycles. The molecule has 19 heavy (non-hydrogen) atoms. The molecule has 0 saturated carbocycles. The number of nitrogens with zero attached hydrogens (tertiary/aromatic N) is 3. The minimum absolute atomic E-state index is 0.421. The van der Waals surface area contributed by atoms with E-state index < -0.39 is 5.91 Å². The predicted molar refractivity (Wildman–Crippen MR) is 74.7 cm³/mol. The summed E-state index contributed by atoms with van der Waals surface area (Å²) in [6.45, 7) is 2.09. The third-order valence-corrected chi connectivity index (χ3v) is 2.97. The fourth-order valence-electron chi connectivity index (χ4n) is 1.94. The molecule has 0 aliphatic rings. The fraction of sp³-hybridized carbons (Fsp3) is 0.133. The van der Waals surface area contributed by atoms with Crippen LogP contribution in [0.3, 0.4) is 0 Å². The zero-order valence-electron chi connectivity index (χ0n) is 10.6. The Balaban J connectivity index is 2.49. The van der Waals surface area contributed by atoms with Crippen LogP contribution in [0.15, 0.2) is 53.6 Å². The summed E-state index contributed by atoms with van der Waals surface area (Å²) < 4.78 is 0. The number of rotatable bonds is 3. The highest BCUT2D eigenvalue weighted by molar-refractivity contribution is 6.01. The van der Waals surface area contributed by atoms with Crippen LogP contribution in [0.1, 0.15) is 22.8 Å². The third-order valence-electron chi connectivity index (χ3n) is 2.97. The van der Waals surface area contributed by atoms with Crippen LogP contribution in [0.25, 0.3) is 21.6 Å². The molecule has 4 nitrogen and oxygen atoms in total. The van der Waals surface area contributed by atoms with Gasteiger partial charge in [-0.25, -0.2) is 0 Å². The average molecular weight is 251 g/mol. The minimum atomic E-state index is -0.558. The highest BCUT2D eigenvalue weighted by atomic mass is 16.1. The first-order chi connectivity index (χ1) is 9.26. The number of benzene rings is 2. The maximum Gasteiger partial charge on any atom is 0.249 e. The molecule has 1 amide bonds. The summed E-state index contributed by atoms with van der Waals surface area (Å²) in [5.41, 5.74) is 11.7. The van der Waals surface area contributed by atoms with Gasteiger partial charge in [-0.05, 0) is 33.8 Å². The Hall–Kier alpha value is -2.58. The molecular formula is C15H13N3O. The van der Waals surface area contributed by atoms with E-state index in [2.05, 4.69) is 16.9 Å². The molecule has 0 aromatic heterocycles. The Morgan fingerprint density at radius 1 is 1.16 bits per heavy atom. The predicted octanol–water partition coefficient (Wildman–Crippen LogP) is 4.37. The van der Waals surface area contributed by atoms with Gasteiger partial charge in [-0.15, -0.1) is 0 Å². The Kier molecular flexibility index (Phi) is 3.96. The van der Waals surface area contributed by atoms with Crippen LogP contribution in [0.5, 0.6) is 0 Å². The maximum absolute atomic E-state index is 11.7. The Labute approximate surface area is 111 Å². The van der Waals surface area contributed by atoms with Gasteiger partial charge >= 0.3 is 0 Å². The second-order valence-electron chi connectivity index (χ2n) is 4.09. The molecule has 0 saturated heterocycles. The molecule has 2 rings (SSSR count). The summed E-state index contributed by atoms with van der Waals surface area (Å²) in [6.07, 6.45) is 0.972. The van der Waals surface area contributed by atoms with Crippen molar-refractivity contribution in [3.8, 4) is 11.1 Å². The second-order valence-corrected chi connectivity index (χ2v) is 4.09. The molecule has 0 bridgehead atoms. The highest BCUT2D eigenvalue weighted by Gasteiger charge is 2.10. The zero-order valence-corrected chi connectivity index (χ0v) is 10.6. The van der Waals surface area contributed by atoms with Crippen molar-refractivity contribution >= 4 is 5.91 Å². The van der Waals surface area contributed by atoms with Crippen molar-refractivity contribution in [2.75, 3.05) is 0 Å². The summed E-state index contributed by atoms with van der Waals surface area (Å²) in [4.78, 5) is 14.3. The van der Waals surface area contributed by atoms with Crippen molar-refractivity contribution in [2.24, 2.45) is 5.11 Å². The van der Waals surface area contributed by atoms with Crippen LogP contribution in [0.2, 0.25) is 0 Å². The smallest absolute Gasteiger partial charge is 0.249 e. The van der Waals surface area contributed by atoms with Crippen molar-refractivity contribution in [3.05, 3.63) is 70.1 Å². The summed E-state index contributed by atoms with van der Waals surface area (Å²) in [7, 11) is 0. The molecular weight excluding hydrogens is 238 g/mol. The molecule has 94 valence electrons. The van der Waals surface area contributed by atoms with E-state index in [1.54, 1.807) is 12.1 Å². The number of azide groups is 1. The first-order valence-electron chi connectivity index (χ1n) is 6.04. The van der Waals surface area contributed by atoms with Gasteiger partial charge in [0.1, 0.15) is 0 Å². The van der Waals surface area contributed by atoms with Crippen LogP contribution in [0, 0.1) is 0 Å². The molecule has 0 unspecified atom stereocenters. The van der Waals surface area contributed by atoms with Crippen molar-refractivity contribution in [2.45, 2.75) is 13.3 Å². The summed E-state index contributed by atoms with van der Waals surface area (Å²) in [5, 5.41) is 3.16. The van der Waals surface area contributed by atoms with Gasteiger partial charge in [0, 0.05) is 10.5 Å². The van der Waals surface area contributed by atoms with Crippen molar-refractivity contribution < 1.29 is 4.79 Å². The number of hydrogen-bond donors (Lipinski definition) is 0. The van der Waals surface area contributed by atoms with E-state index in [-0.39, 0.29) is 0 Å². The van der Waals surface area contributed by atoms with Crippen molar-refractivity contribution in [1.82, 2.24) is 0 Å². The first kappa shape index (κ1) is 12.9. The van der Waals surface area contributed by atoms with E-state index in [4.69, 9.17) is 5.53 Å². The van der Waals surface area contributed by atoms with E-state index in [0.717, 1.165) is 17.5 Å². The topological polar surface area (TPSA) is 65.8 Å². The van der Waals surface area contributed by atoms with Gasteiger partial charge in [0.2, 0.25) is 5.91 Å². The van der Waals surface area contributed by atoms with Crippen molar-refractivity contribution in [1.29, 1.82) is 0 Å². The molecule has 0 fully saturated rings. The van der Waals surface area contributed by atoms with E-state index >= 15 is 0 Å². The molecule has 2 aromatic carbocycles. The van der Waals surface area contributed by atoms with Crippen LogP contribution >= 0.6 is 0 Å². The fourth-order valence-corrected chi connectivity index (χ4v) is 1.94.